The molecule has 0 radical (unpaired) electrons. The topological polar surface area (TPSA) is 55.0 Å². The Morgan fingerprint density at radius 3 is 2.95 bits per heavy atom. The number of allylic oxidation sites excluding steroid dienone is 2. The zero-order valence-electron chi connectivity index (χ0n) is 10.8. The van der Waals surface area contributed by atoms with Gasteiger partial charge in [-0.3, -0.25) is 0 Å². The summed E-state index contributed by atoms with van der Waals surface area (Å²) in [5.41, 5.74) is 2.36. The minimum Gasteiger partial charge on any atom is -0.462 e. The van der Waals surface area contributed by atoms with Gasteiger partial charge in [0, 0.05) is 5.92 Å². The van der Waals surface area contributed by atoms with E-state index in [1.807, 2.05) is 12.1 Å². The summed E-state index contributed by atoms with van der Waals surface area (Å²) in [4.78, 5) is 19.6. The maximum Gasteiger partial charge on any atom is 0.338 e. The monoisotopic (exact) mass is 256 g/mol. The first-order valence-electron chi connectivity index (χ1n) is 6.59. The highest BCUT2D eigenvalue weighted by atomic mass is 16.5. The predicted octanol–water partition coefficient (Wildman–Crippen LogP) is 3.17. The van der Waals surface area contributed by atoms with Crippen LogP contribution >= 0.6 is 0 Å². The number of hydrogen-bond donors (Lipinski definition) is 1. The van der Waals surface area contributed by atoms with Crippen molar-refractivity contribution in [3.63, 3.8) is 0 Å². The normalized spacial score (nSPS) is 15.2. The maximum absolute atomic E-state index is 11.7. The molecule has 1 heterocycles. The van der Waals surface area contributed by atoms with Crippen LogP contribution in [0.15, 0.2) is 30.4 Å². The minimum atomic E-state index is -0.289. The highest BCUT2D eigenvalue weighted by molar-refractivity contribution is 5.93. The molecule has 2 aromatic rings. The third-order valence-electron chi connectivity index (χ3n) is 3.41. The van der Waals surface area contributed by atoms with E-state index in [0.717, 1.165) is 29.7 Å². The number of H-pyrrole nitrogens is 1. The molecule has 0 unspecified atom stereocenters. The Balaban J connectivity index is 1.92. The second-order valence-electron chi connectivity index (χ2n) is 4.71. The van der Waals surface area contributed by atoms with Gasteiger partial charge in [-0.05, 0) is 38.0 Å². The van der Waals surface area contributed by atoms with Crippen molar-refractivity contribution in [2.45, 2.75) is 25.7 Å². The molecule has 0 bridgehead atoms. The molecule has 3 rings (SSSR count). The first kappa shape index (κ1) is 12.0. The largest absolute Gasteiger partial charge is 0.462 e. The molecule has 1 aliphatic carbocycles. The van der Waals surface area contributed by atoms with E-state index in [9.17, 15) is 4.79 Å². The van der Waals surface area contributed by atoms with Crippen LogP contribution in [0.3, 0.4) is 0 Å². The lowest BCUT2D eigenvalue weighted by molar-refractivity contribution is 0.0526. The number of carbonyl (C=O) groups is 1. The average molecular weight is 256 g/mol. The molecule has 0 amide bonds. The lowest BCUT2D eigenvalue weighted by Crippen LogP contribution is -2.04. The van der Waals surface area contributed by atoms with Crippen LogP contribution in [-0.4, -0.2) is 22.5 Å². The van der Waals surface area contributed by atoms with E-state index in [-0.39, 0.29) is 5.97 Å². The Hall–Kier alpha value is -2.10. The van der Waals surface area contributed by atoms with Crippen molar-refractivity contribution in [2.75, 3.05) is 6.61 Å². The Kier molecular flexibility index (Phi) is 3.07. The van der Waals surface area contributed by atoms with Gasteiger partial charge in [-0.1, -0.05) is 12.2 Å². The van der Waals surface area contributed by atoms with Gasteiger partial charge in [0.05, 0.1) is 23.2 Å². The number of aromatic amines is 1. The Morgan fingerprint density at radius 2 is 2.21 bits per heavy atom. The van der Waals surface area contributed by atoms with Crippen LogP contribution in [0.25, 0.3) is 11.0 Å². The number of benzene rings is 1. The van der Waals surface area contributed by atoms with Crippen LogP contribution in [0.2, 0.25) is 0 Å². The molecule has 1 aliphatic rings. The zero-order chi connectivity index (χ0) is 13.2. The molecule has 98 valence electrons. The van der Waals surface area contributed by atoms with Crippen molar-refractivity contribution < 1.29 is 9.53 Å². The van der Waals surface area contributed by atoms with Gasteiger partial charge in [0.2, 0.25) is 0 Å². The molecule has 1 N–H and O–H groups in total. The lowest BCUT2D eigenvalue weighted by atomic mass is 10.1. The van der Waals surface area contributed by atoms with E-state index < -0.39 is 0 Å². The van der Waals surface area contributed by atoms with Crippen molar-refractivity contribution in [2.24, 2.45) is 0 Å². The molecule has 0 saturated carbocycles. The number of carbonyl (C=O) groups excluding carboxylic acids is 1. The van der Waals surface area contributed by atoms with Gasteiger partial charge in [-0.2, -0.15) is 0 Å². The molecule has 1 aromatic heterocycles. The molecule has 1 aromatic carbocycles. The molecule has 0 spiro atoms. The van der Waals surface area contributed by atoms with Gasteiger partial charge in [-0.15, -0.1) is 0 Å². The first-order valence-corrected chi connectivity index (χ1v) is 6.59. The molecule has 0 aliphatic heterocycles. The van der Waals surface area contributed by atoms with Gasteiger partial charge in [-0.25, -0.2) is 9.78 Å². The molecular weight excluding hydrogens is 240 g/mol. The van der Waals surface area contributed by atoms with Gasteiger partial charge in [0.15, 0.2) is 0 Å². The van der Waals surface area contributed by atoms with Crippen LogP contribution in [0.1, 0.15) is 41.9 Å². The first-order chi connectivity index (χ1) is 9.28. The number of aromatic nitrogens is 2. The SMILES string of the molecule is CCOC(=O)c1ccc2nc(C3CC=CC3)[nH]c2c1. The molecule has 0 atom stereocenters. The lowest BCUT2D eigenvalue weighted by Gasteiger charge is -2.03. The number of nitrogens with one attached hydrogen (secondary N) is 1. The molecule has 0 fully saturated rings. The van der Waals surface area contributed by atoms with Gasteiger partial charge >= 0.3 is 5.97 Å². The summed E-state index contributed by atoms with van der Waals surface area (Å²) < 4.78 is 5.00. The van der Waals surface area contributed by atoms with Crippen molar-refractivity contribution in [3.05, 3.63) is 41.7 Å². The van der Waals surface area contributed by atoms with Crippen LogP contribution in [0.5, 0.6) is 0 Å². The van der Waals surface area contributed by atoms with E-state index in [2.05, 4.69) is 22.1 Å². The van der Waals surface area contributed by atoms with Gasteiger partial charge in [0.1, 0.15) is 5.82 Å². The average Bonchev–Trinajstić information content (AvgIpc) is 3.07. The summed E-state index contributed by atoms with van der Waals surface area (Å²) in [6.07, 6.45) is 6.43. The summed E-state index contributed by atoms with van der Waals surface area (Å²) >= 11 is 0. The standard InChI is InChI=1S/C15H16N2O2/c1-2-19-15(18)11-7-8-12-13(9-11)17-14(16-12)10-5-3-4-6-10/h3-4,7-10H,2,5-6H2,1H3,(H,16,17). The maximum atomic E-state index is 11.7. The fourth-order valence-corrected chi connectivity index (χ4v) is 2.40. The predicted molar refractivity (Wildman–Crippen MR) is 73.2 cm³/mol. The summed E-state index contributed by atoms with van der Waals surface area (Å²) in [7, 11) is 0. The number of rotatable bonds is 3. The summed E-state index contributed by atoms with van der Waals surface area (Å²) in [5.74, 6) is 1.16. The van der Waals surface area contributed by atoms with Crippen molar-refractivity contribution in [1.82, 2.24) is 9.97 Å². The van der Waals surface area contributed by atoms with Crippen LogP contribution in [-0.2, 0) is 4.74 Å². The zero-order valence-corrected chi connectivity index (χ0v) is 10.8. The van der Waals surface area contributed by atoms with E-state index >= 15 is 0 Å². The van der Waals surface area contributed by atoms with Gasteiger partial charge in [0.25, 0.3) is 0 Å². The van der Waals surface area contributed by atoms with Gasteiger partial charge < -0.3 is 9.72 Å². The molecule has 0 saturated heterocycles. The number of imidazole rings is 1. The molecular formula is C15H16N2O2. The second kappa shape index (κ2) is 4.88. The van der Waals surface area contributed by atoms with Crippen molar-refractivity contribution in [1.29, 1.82) is 0 Å². The smallest absolute Gasteiger partial charge is 0.338 e. The fraction of sp³-hybridized carbons (Fsp3) is 0.333. The summed E-state index contributed by atoms with van der Waals surface area (Å²) in [6, 6.07) is 5.44. The Morgan fingerprint density at radius 1 is 1.42 bits per heavy atom. The highest BCUT2D eigenvalue weighted by Gasteiger charge is 2.17. The third-order valence-corrected chi connectivity index (χ3v) is 3.41. The number of ether oxygens (including phenoxy) is 1. The quantitative estimate of drug-likeness (QED) is 0.678. The van der Waals surface area contributed by atoms with E-state index in [0.29, 0.717) is 18.1 Å². The van der Waals surface area contributed by atoms with E-state index in [1.54, 1.807) is 13.0 Å². The van der Waals surface area contributed by atoms with Crippen molar-refractivity contribution in [3.8, 4) is 0 Å². The second-order valence-corrected chi connectivity index (χ2v) is 4.71. The summed E-state index contributed by atoms with van der Waals surface area (Å²) in [5, 5.41) is 0. The van der Waals surface area contributed by atoms with Crippen LogP contribution < -0.4 is 0 Å². The third kappa shape index (κ3) is 2.26. The Bertz CT molecular complexity index is 635. The number of hydrogen-bond acceptors (Lipinski definition) is 3. The van der Waals surface area contributed by atoms with Crippen LogP contribution in [0, 0.1) is 0 Å². The Labute approximate surface area is 111 Å². The van der Waals surface area contributed by atoms with Crippen molar-refractivity contribution >= 4 is 17.0 Å². The molecule has 4 nitrogen and oxygen atoms in total. The number of esters is 1. The fourth-order valence-electron chi connectivity index (χ4n) is 2.40. The molecule has 4 heteroatoms. The highest BCUT2D eigenvalue weighted by Crippen LogP contribution is 2.28. The van der Waals surface area contributed by atoms with E-state index in [4.69, 9.17) is 4.74 Å². The number of fused-ring (bicyclic) bond motifs is 1. The number of nitrogens with zero attached hydrogens (tertiary/aromatic N) is 1. The van der Waals surface area contributed by atoms with E-state index in [1.165, 1.54) is 0 Å². The van der Waals surface area contributed by atoms with Crippen LogP contribution in [0.4, 0.5) is 0 Å². The minimum absolute atomic E-state index is 0.289. The molecule has 19 heavy (non-hydrogen) atoms. The summed E-state index contributed by atoms with van der Waals surface area (Å²) in [6.45, 7) is 2.19.